The smallest absolute Gasteiger partial charge is 0.378 e. The Labute approximate surface area is 174 Å². The van der Waals surface area contributed by atoms with Crippen LogP contribution in [0, 0.1) is 29.6 Å². The minimum Gasteiger partial charge on any atom is -0.486 e. The second-order valence-electron chi connectivity index (χ2n) is 9.52. The Morgan fingerprint density at radius 1 is 1.07 bits per heavy atom. The number of alkyl halides is 2. The average Bonchev–Trinajstić information content (AvgIpc) is 2.68. The summed E-state index contributed by atoms with van der Waals surface area (Å²) in [6.45, 7) is 2.94. The number of ether oxygens (including phenoxy) is 2. The van der Waals surface area contributed by atoms with Crippen molar-refractivity contribution < 1.29 is 33.0 Å². The van der Waals surface area contributed by atoms with E-state index in [0.717, 1.165) is 11.8 Å². The molecule has 1 aromatic carbocycles. The van der Waals surface area contributed by atoms with Gasteiger partial charge in [0.15, 0.2) is 6.61 Å². The molecule has 0 aliphatic heterocycles. The van der Waals surface area contributed by atoms with E-state index in [1.807, 2.05) is 0 Å². The van der Waals surface area contributed by atoms with E-state index in [2.05, 4.69) is 18.6 Å². The highest BCUT2D eigenvalue weighted by Crippen LogP contribution is 2.61. The molecule has 4 bridgehead atoms. The van der Waals surface area contributed by atoms with Gasteiger partial charge in [0.1, 0.15) is 11.4 Å². The summed E-state index contributed by atoms with van der Waals surface area (Å²) < 4.78 is 37.4. The Balaban J connectivity index is 1.46. The van der Waals surface area contributed by atoms with Gasteiger partial charge in [-0.2, -0.15) is 8.78 Å². The van der Waals surface area contributed by atoms with Crippen molar-refractivity contribution in [3.8, 4) is 5.75 Å². The maximum Gasteiger partial charge on any atom is 0.378 e. The molecular formula is C23H28F2O5. The van der Waals surface area contributed by atoms with Crippen LogP contribution in [0.15, 0.2) is 24.3 Å². The third-order valence-electron chi connectivity index (χ3n) is 7.40. The summed E-state index contributed by atoms with van der Waals surface area (Å²) in [5.74, 6) is -3.69. The number of carbonyl (C=O) groups is 2. The van der Waals surface area contributed by atoms with Crippen molar-refractivity contribution in [3.05, 3.63) is 29.8 Å². The van der Waals surface area contributed by atoms with Crippen molar-refractivity contribution in [2.45, 2.75) is 57.5 Å². The molecule has 0 atom stereocenters. The molecule has 0 radical (unpaired) electrons. The number of rotatable bonds is 7. The van der Waals surface area contributed by atoms with E-state index >= 15 is 0 Å². The van der Waals surface area contributed by atoms with Gasteiger partial charge in [-0.15, -0.1) is 0 Å². The monoisotopic (exact) mass is 422 g/mol. The molecule has 4 fully saturated rings. The van der Waals surface area contributed by atoms with Crippen molar-refractivity contribution in [2.24, 2.45) is 29.6 Å². The molecule has 4 aliphatic rings. The Hall–Kier alpha value is -2.18. The van der Waals surface area contributed by atoms with Crippen molar-refractivity contribution in [1.29, 1.82) is 0 Å². The summed E-state index contributed by atoms with van der Waals surface area (Å²) in [5, 5.41) is 8.41. The van der Waals surface area contributed by atoms with Crippen LogP contribution in [0.2, 0.25) is 0 Å². The lowest BCUT2D eigenvalue weighted by Crippen LogP contribution is -2.63. The number of esters is 1. The molecule has 5 rings (SSSR count). The molecule has 30 heavy (non-hydrogen) atoms. The van der Waals surface area contributed by atoms with E-state index in [-0.39, 0.29) is 11.2 Å². The number of carboxylic acid groups (broad SMARTS) is 1. The lowest BCUT2D eigenvalue weighted by molar-refractivity contribution is -0.179. The van der Waals surface area contributed by atoms with E-state index in [1.165, 1.54) is 44.2 Å². The van der Waals surface area contributed by atoms with Crippen molar-refractivity contribution in [2.75, 3.05) is 6.61 Å². The predicted octanol–water partition coefficient (Wildman–Crippen LogP) is 4.79. The molecule has 5 nitrogen and oxygen atoms in total. The summed E-state index contributed by atoms with van der Waals surface area (Å²) in [5.41, 5.74) is -0.133. The molecule has 0 aromatic heterocycles. The summed E-state index contributed by atoms with van der Waals surface area (Å²) in [4.78, 5) is 22.4. The maximum absolute atomic E-state index is 13.1. The Kier molecular flexibility index (Phi) is 5.27. The minimum absolute atomic E-state index is 0.0761. The number of benzene rings is 1. The number of halogens is 2. The number of hydrogen-bond donors (Lipinski definition) is 1. The topological polar surface area (TPSA) is 72.8 Å². The quantitative estimate of drug-likeness (QED) is 0.640. The minimum atomic E-state index is -4.11. The van der Waals surface area contributed by atoms with Crippen LogP contribution in [0.4, 0.5) is 8.78 Å². The SMILES string of the molecule is CC(C)C1(Oc2ccc(C(=O)OCC(F)(F)C(=O)O)cc2)C2CC3CC(C2)CC1C3. The van der Waals surface area contributed by atoms with Crippen molar-refractivity contribution >= 4 is 11.9 Å². The van der Waals surface area contributed by atoms with E-state index in [9.17, 15) is 18.4 Å². The van der Waals surface area contributed by atoms with Crippen LogP contribution < -0.4 is 4.74 Å². The van der Waals surface area contributed by atoms with Crippen LogP contribution in [0.25, 0.3) is 0 Å². The number of carbonyl (C=O) groups excluding carboxylic acids is 1. The van der Waals surface area contributed by atoms with Gasteiger partial charge in [-0.25, -0.2) is 9.59 Å². The van der Waals surface area contributed by atoms with Crippen LogP contribution >= 0.6 is 0 Å². The molecular weight excluding hydrogens is 394 g/mol. The average molecular weight is 422 g/mol. The maximum atomic E-state index is 13.1. The Morgan fingerprint density at radius 3 is 2.07 bits per heavy atom. The first-order valence-corrected chi connectivity index (χ1v) is 10.7. The van der Waals surface area contributed by atoms with Crippen LogP contribution in [-0.4, -0.2) is 35.2 Å². The molecule has 0 saturated heterocycles. The third-order valence-corrected chi connectivity index (χ3v) is 7.40. The molecule has 1 N–H and O–H groups in total. The molecule has 0 unspecified atom stereocenters. The lowest BCUT2D eigenvalue weighted by Gasteiger charge is -2.62. The number of aliphatic carboxylic acids is 1. The number of carboxylic acids is 1. The van der Waals surface area contributed by atoms with Crippen LogP contribution in [0.3, 0.4) is 0 Å². The first-order chi connectivity index (χ1) is 14.1. The van der Waals surface area contributed by atoms with E-state index in [1.54, 1.807) is 12.1 Å². The fourth-order valence-electron chi connectivity index (χ4n) is 6.31. The van der Waals surface area contributed by atoms with E-state index < -0.39 is 24.5 Å². The van der Waals surface area contributed by atoms with Crippen molar-refractivity contribution in [1.82, 2.24) is 0 Å². The van der Waals surface area contributed by atoms with Crippen molar-refractivity contribution in [3.63, 3.8) is 0 Å². The van der Waals surface area contributed by atoms with E-state index in [4.69, 9.17) is 9.84 Å². The van der Waals surface area contributed by atoms with E-state index in [0.29, 0.717) is 23.5 Å². The Bertz CT molecular complexity index is 789. The first-order valence-electron chi connectivity index (χ1n) is 10.7. The van der Waals surface area contributed by atoms with Crippen LogP contribution in [0.1, 0.15) is 56.3 Å². The summed E-state index contributed by atoms with van der Waals surface area (Å²) in [6.07, 6.45) is 6.22. The molecule has 164 valence electrons. The molecule has 0 spiro atoms. The van der Waals surface area contributed by atoms with Gasteiger partial charge < -0.3 is 14.6 Å². The highest BCUT2D eigenvalue weighted by molar-refractivity contribution is 5.89. The fourth-order valence-corrected chi connectivity index (χ4v) is 6.31. The standard InChI is InChI=1S/C23H28F2O5/c1-13(2)23(17-8-14-7-15(10-17)11-18(23)9-14)30-19-5-3-16(4-6-19)20(26)29-12-22(24,25)21(27)28/h3-6,13-15,17-18H,7-12H2,1-2H3,(H,27,28). The molecule has 4 saturated carbocycles. The van der Waals surface area contributed by atoms with Gasteiger partial charge in [0.25, 0.3) is 0 Å². The van der Waals surface area contributed by atoms with Gasteiger partial charge in [-0.3, -0.25) is 0 Å². The molecule has 0 heterocycles. The molecule has 1 aromatic rings. The predicted molar refractivity (Wildman–Crippen MR) is 105 cm³/mol. The normalized spacial score (nSPS) is 32.3. The van der Waals surface area contributed by atoms with Crippen LogP contribution in [-0.2, 0) is 9.53 Å². The fraction of sp³-hybridized carbons (Fsp3) is 0.652. The molecule has 0 amide bonds. The van der Waals surface area contributed by atoms with Gasteiger partial charge in [0.2, 0.25) is 0 Å². The summed E-state index contributed by atoms with van der Waals surface area (Å²) in [7, 11) is 0. The zero-order chi connectivity index (χ0) is 21.7. The summed E-state index contributed by atoms with van der Waals surface area (Å²) in [6, 6.07) is 6.28. The van der Waals surface area contributed by atoms with Crippen LogP contribution in [0.5, 0.6) is 5.75 Å². The highest BCUT2D eigenvalue weighted by atomic mass is 19.3. The highest BCUT2D eigenvalue weighted by Gasteiger charge is 2.60. The third kappa shape index (κ3) is 3.56. The van der Waals surface area contributed by atoms with Gasteiger partial charge in [-0.1, -0.05) is 13.8 Å². The zero-order valence-corrected chi connectivity index (χ0v) is 17.3. The van der Waals surface area contributed by atoms with Gasteiger partial charge >= 0.3 is 17.9 Å². The van der Waals surface area contributed by atoms with Gasteiger partial charge in [0, 0.05) is 0 Å². The number of hydrogen-bond acceptors (Lipinski definition) is 4. The van der Waals surface area contributed by atoms with Gasteiger partial charge in [-0.05, 0) is 86.0 Å². The lowest BCUT2D eigenvalue weighted by atomic mass is 9.47. The van der Waals surface area contributed by atoms with Gasteiger partial charge in [0.05, 0.1) is 5.56 Å². The molecule has 7 heteroatoms. The second kappa shape index (κ2) is 7.50. The first kappa shape index (κ1) is 21.1. The second-order valence-corrected chi connectivity index (χ2v) is 9.52. The molecule has 4 aliphatic carbocycles. The Morgan fingerprint density at radius 2 is 1.60 bits per heavy atom. The zero-order valence-electron chi connectivity index (χ0n) is 17.3. The largest absolute Gasteiger partial charge is 0.486 e. The summed E-state index contributed by atoms with van der Waals surface area (Å²) >= 11 is 0.